The first-order chi connectivity index (χ1) is 11.0. The predicted octanol–water partition coefficient (Wildman–Crippen LogP) is 3.08. The van der Waals surface area contributed by atoms with E-state index in [1.165, 1.54) is 0 Å². The number of hydrogen-bond acceptors (Lipinski definition) is 2. The molecule has 4 heteroatoms. The average Bonchev–Trinajstić information content (AvgIpc) is 2.51. The zero-order valence-corrected chi connectivity index (χ0v) is 14.7. The summed E-state index contributed by atoms with van der Waals surface area (Å²) in [6.45, 7) is 4.03. The van der Waals surface area contributed by atoms with Crippen molar-refractivity contribution in [3.63, 3.8) is 0 Å². The molecule has 0 spiro atoms. The van der Waals surface area contributed by atoms with Crippen LogP contribution in [-0.2, 0) is 22.0 Å². The SMILES string of the molecule is Cc1ccc(C)c(CC(=O)N[C@H](C[S@](C)=O)c2ccccc2)c1. The van der Waals surface area contributed by atoms with Crippen molar-refractivity contribution in [2.75, 3.05) is 12.0 Å². The van der Waals surface area contributed by atoms with E-state index in [2.05, 4.69) is 5.32 Å². The Labute approximate surface area is 140 Å². The molecule has 0 aliphatic rings. The first kappa shape index (κ1) is 17.4. The molecule has 0 heterocycles. The van der Waals surface area contributed by atoms with Crippen LogP contribution >= 0.6 is 0 Å². The van der Waals surface area contributed by atoms with Crippen LogP contribution in [0.25, 0.3) is 0 Å². The molecule has 0 saturated carbocycles. The minimum absolute atomic E-state index is 0.0435. The van der Waals surface area contributed by atoms with Crippen molar-refractivity contribution in [3.8, 4) is 0 Å². The molecule has 1 amide bonds. The molecule has 0 saturated heterocycles. The molecule has 0 bridgehead atoms. The summed E-state index contributed by atoms with van der Waals surface area (Å²) in [6, 6.07) is 15.6. The van der Waals surface area contributed by atoms with Crippen molar-refractivity contribution in [3.05, 3.63) is 70.8 Å². The van der Waals surface area contributed by atoms with Crippen LogP contribution in [0.1, 0.15) is 28.3 Å². The van der Waals surface area contributed by atoms with Crippen molar-refractivity contribution >= 4 is 16.7 Å². The van der Waals surface area contributed by atoms with Gasteiger partial charge in [0.15, 0.2) is 0 Å². The normalized spacial score (nSPS) is 13.3. The third-order valence-corrected chi connectivity index (χ3v) is 4.60. The van der Waals surface area contributed by atoms with E-state index >= 15 is 0 Å². The van der Waals surface area contributed by atoms with Gasteiger partial charge in [-0.15, -0.1) is 0 Å². The van der Waals surface area contributed by atoms with Gasteiger partial charge in [-0.05, 0) is 30.5 Å². The molecule has 0 fully saturated rings. The maximum Gasteiger partial charge on any atom is 0.224 e. The summed E-state index contributed by atoms with van der Waals surface area (Å²) < 4.78 is 11.6. The van der Waals surface area contributed by atoms with Crippen LogP contribution < -0.4 is 5.32 Å². The first-order valence-corrected chi connectivity index (χ1v) is 9.39. The molecule has 2 aromatic carbocycles. The third kappa shape index (κ3) is 5.32. The summed E-state index contributed by atoms with van der Waals surface area (Å²) in [4.78, 5) is 12.4. The van der Waals surface area contributed by atoms with Crippen LogP contribution in [0.2, 0.25) is 0 Å². The van der Waals surface area contributed by atoms with E-state index in [0.717, 1.165) is 22.3 Å². The standard InChI is InChI=1S/C19H23NO2S/c1-14-9-10-15(2)17(11-14)12-19(21)20-18(13-23(3)22)16-7-5-4-6-8-16/h4-11,18H,12-13H2,1-3H3,(H,20,21)/t18-,23+/m1/s1. The maximum atomic E-state index is 12.4. The van der Waals surface area contributed by atoms with Gasteiger partial charge in [-0.3, -0.25) is 9.00 Å². The molecule has 0 aromatic heterocycles. The summed E-state index contributed by atoms with van der Waals surface area (Å²) in [5.41, 5.74) is 4.28. The molecule has 122 valence electrons. The summed E-state index contributed by atoms with van der Waals surface area (Å²) >= 11 is 0. The quantitative estimate of drug-likeness (QED) is 0.885. The van der Waals surface area contributed by atoms with Gasteiger partial charge in [0, 0.05) is 22.8 Å². The average molecular weight is 329 g/mol. The van der Waals surface area contributed by atoms with E-state index in [1.807, 2.05) is 62.4 Å². The van der Waals surface area contributed by atoms with Crippen LogP contribution in [0.3, 0.4) is 0 Å². The van der Waals surface area contributed by atoms with E-state index in [4.69, 9.17) is 0 Å². The molecular weight excluding hydrogens is 306 g/mol. The predicted molar refractivity (Wildman–Crippen MR) is 95.9 cm³/mol. The van der Waals surface area contributed by atoms with Crippen LogP contribution in [0.15, 0.2) is 48.5 Å². The van der Waals surface area contributed by atoms with Crippen molar-refractivity contribution in [1.29, 1.82) is 0 Å². The summed E-state index contributed by atoms with van der Waals surface area (Å²) in [5.74, 6) is 0.376. The zero-order valence-electron chi connectivity index (χ0n) is 13.8. The van der Waals surface area contributed by atoms with E-state index in [1.54, 1.807) is 6.26 Å². The lowest BCUT2D eigenvalue weighted by Crippen LogP contribution is -2.33. The van der Waals surface area contributed by atoms with Crippen LogP contribution in [0.5, 0.6) is 0 Å². The van der Waals surface area contributed by atoms with Gasteiger partial charge in [0.05, 0.1) is 12.5 Å². The first-order valence-electron chi connectivity index (χ1n) is 7.66. The fourth-order valence-corrected chi connectivity index (χ4v) is 3.30. The van der Waals surface area contributed by atoms with E-state index in [9.17, 15) is 9.00 Å². The molecule has 0 radical (unpaired) electrons. The fourth-order valence-electron chi connectivity index (χ4n) is 2.55. The van der Waals surface area contributed by atoms with Crippen molar-refractivity contribution in [1.82, 2.24) is 5.32 Å². The summed E-state index contributed by atoms with van der Waals surface area (Å²) in [7, 11) is -0.982. The Morgan fingerprint density at radius 2 is 1.83 bits per heavy atom. The number of aryl methyl sites for hydroxylation is 2. The lowest BCUT2D eigenvalue weighted by molar-refractivity contribution is -0.121. The molecule has 0 aliphatic carbocycles. The van der Waals surface area contributed by atoms with Gasteiger partial charge in [-0.25, -0.2) is 0 Å². The Morgan fingerprint density at radius 3 is 2.48 bits per heavy atom. The van der Waals surface area contributed by atoms with Gasteiger partial charge in [0.2, 0.25) is 5.91 Å². The lowest BCUT2D eigenvalue weighted by atomic mass is 10.0. The molecule has 2 aromatic rings. The van der Waals surface area contributed by atoms with E-state index < -0.39 is 10.8 Å². The number of rotatable bonds is 6. The zero-order chi connectivity index (χ0) is 16.8. The van der Waals surface area contributed by atoms with Gasteiger partial charge in [-0.2, -0.15) is 0 Å². The second kappa shape index (κ2) is 8.06. The second-order valence-electron chi connectivity index (χ2n) is 5.88. The Balaban J connectivity index is 2.11. The van der Waals surface area contributed by atoms with Gasteiger partial charge in [0.1, 0.15) is 0 Å². The highest BCUT2D eigenvalue weighted by atomic mass is 32.2. The number of carbonyl (C=O) groups excluding carboxylic acids is 1. The Morgan fingerprint density at radius 1 is 1.13 bits per heavy atom. The summed E-state index contributed by atoms with van der Waals surface area (Å²) in [5, 5.41) is 3.03. The molecule has 0 unspecified atom stereocenters. The fraction of sp³-hybridized carbons (Fsp3) is 0.316. The molecule has 3 nitrogen and oxygen atoms in total. The van der Waals surface area contributed by atoms with Gasteiger partial charge < -0.3 is 5.32 Å². The van der Waals surface area contributed by atoms with Gasteiger partial charge >= 0.3 is 0 Å². The molecule has 0 aliphatic heterocycles. The highest BCUT2D eigenvalue weighted by Gasteiger charge is 2.16. The van der Waals surface area contributed by atoms with E-state index in [-0.39, 0.29) is 11.9 Å². The number of amides is 1. The van der Waals surface area contributed by atoms with Crippen LogP contribution in [0.4, 0.5) is 0 Å². The number of benzene rings is 2. The van der Waals surface area contributed by atoms with Crippen molar-refractivity contribution in [2.24, 2.45) is 0 Å². The van der Waals surface area contributed by atoms with Crippen LogP contribution in [-0.4, -0.2) is 22.1 Å². The lowest BCUT2D eigenvalue weighted by Gasteiger charge is -2.18. The Kier molecular flexibility index (Phi) is 6.11. The van der Waals surface area contributed by atoms with Gasteiger partial charge in [-0.1, -0.05) is 54.1 Å². The maximum absolute atomic E-state index is 12.4. The monoisotopic (exact) mass is 329 g/mol. The largest absolute Gasteiger partial charge is 0.348 e. The molecule has 2 rings (SSSR count). The minimum atomic E-state index is -0.982. The third-order valence-electron chi connectivity index (χ3n) is 3.79. The number of carbonyl (C=O) groups is 1. The number of nitrogens with one attached hydrogen (secondary N) is 1. The topological polar surface area (TPSA) is 46.2 Å². The Hall–Kier alpha value is -1.94. The highest BCUT2D eigenvalue weighted by molar-refractivity contribution is 7.84. The molecule has 2 atom stereocenters. The van der Waals surface area contributed by atoms with Crippen molar-refractivity contribution in [2.45, 2.75) is 26.3 Å². The summed E-state index contributed by atoms with van der Waals surface area (Å²) in [6.07, 6.45) is 2.00. The second-order valence-corrected chi connectivity index (χ2v) is 7.36. The highest BCUT2D eigenvalue weighted by Crippen LogP contribution is 2.15. The smallest absolute Gasteiger partial charge is 0.224 e. The number of hydrogen-bond donors (Lipinski definition) is 1. The Bertz CT molecular complexity index is 698. The molecular formula is C19H23NO2S. The molecule has 23 heavy (non-hydrogen) atoms. The van der Waals surface area contributed by atoms with E-state index in [0.29, 0.717) is 12.2 Å². The molecule has 1 N–H and O–H groups in total. The minimum Gasteiger partial charge on any atom is -0.348 e. The van der Waals surface area contributed by atoms with Gasteiger partial charge in [0.25, 0.3) is 0 Å². The van der Waals surface area contributed by atoms with Crippen LogP contribution in [0, 0.1) is 13.8 Å². The van der Waals surface area contributed by atoms with Crippen molar-refractivity contribution < 1.29 is 9.00 Å².